The minimum absolute atomic E-state index is 0.0163. The molecule has 1 aromatic heterocycles. The van der Waals surface area contributed by atoms with E-state index in [1.807, 2.05) is 18.2 Å². The minimum atomic E-state index is -0.0163. The van der Waals surface area contributed by atoms with E-state index in [4.69, 9.17) is 11.6 Å². The lowest BCUT2D eigenvalue weighted by Crippen LogP contribution is -1.85. The molecule has 0 saturated heterocycles. The predicted molar refractivity (Wildman–Crippen MR) is 60.5 cm³/mol. The van der Waals surface area contributed by atoms with Crippen LogP contribution in [0.1, 0.15) is 0 Å². The van der Waals surface area contributed by atoms with Crippen molar-refractivity contribution in [3.63, 3.8) is 0 Å². The number of rotatable bonds is 2. The van der Waals surface area contributed by atoms with Crippen LogP contribution in [0.15, 0.2) is 41.3 Å². The number of aromatic hydroxyl groups is 2. The third-order valence-electron chi connectivity index (χ3n) is 1.82. The van der Waals surface area contributed by atoms with Crippen LogP contribution < -0.4 is 0 Å². The van der Waals surface area contributed by atoms with E-state index >= 15 is 0 Å². The zero-order valence-electron chi connectivity index (χ0n) is 7.59. The second-order valence-corrected chi connectivity index (χ2v) is 4.26. The highest BCUT2D eigenvalue weighted by Crippen LogP contribution is 2.35. The molecule has 78 valence electrons. The average molecular weight is 242 g/mol. The minimum Gasteiger partial charge on any atom is -0.494 e. The fourth-order valence-electron chi connectivity index (χ4n) is 1.11. The number of aromatic nitrogens is 1. The molecule has 0 aliphatic carbocycles. The number of benzene rings is 1. The Balaban J connectivity index is 2.34. The zero-order valence-corrected chi connectivity index (χ0v) is 9.16. The van der Waals surface area contributed by atoms with E-state index < -0.39 is 0 Å². The summed E-state index contributed by atoms with van der Waals surface area (Å²) >= 11 is 7.11. The van der Waals surface area contributed by atoms with Crippen molar-refractivity contribution in [1.82, 2.24) is 3.97 Å². The van der Waals surface area contributed by atoms with E-state index in [0.29, 0.717) is 5.02 Å². The topological polar surface area (TPSA) is 45.4 Å². The summed E-state index contributed by atoms with van der Waals surface area (Å²) in [5, 5.41) is 19.4. The lowest BCUT2D eigenvalue weighted by molar-refractivity contribution is 0.416. The predicted octanol–water partition coefficient (Wildman–Crippen LogP) is 3.11. The second kappa shape index (κ2) is 4.08. The molecule has 3 nitrogen and oxygen atoms in total. The van der Waals surface area contributed by atoms with Gasteiger partial charge in [0.25, 0.3) is 0 Å². The highest BCUT2D eigenvalue weighted by molar-refractivity contribution is 7.98. The number of hydrogen-bond donors (Lipinski definition) is 2. The summed E-state index contributed by atoms with van der Waals surface area (Å²) in [4.78, 5) is 0.765. The first kappa shape index (κ1) is 10.3. The summed E-state index contributed by atoms with van der Waals surface area (Å²) in [5.41, 5.74) is 0. The summed E-state index contributed by atoms with van der Waals surface area (Å²) in [6.07, 6.45) is 0. The van der Waals surface area contributed by atoms with E-state index in [0.717, 1.165) is 16.8 Å². The maximum atomic E-state index is 9.42. The Morgan fingerprint density at radius 2 is 1.60 bits per heavy atom. The van der Waals surface area contributed by atoms with Crippen LogP contribution in [0.4, 0.5) is 0 Å². The molecule has 0 unspecified atom stereocenters. The first-order valence-corrected chi connectivity index (χ1v) is 5.36. The van der Waals surface area contributed by atoms with Crippen LogP contribution in [-0.4, -0.2) is 14.2 Å². The average Bonchev–Trinajstić information content (AvgIpc) is 2.53. The molecule has 2 rings (SSSR count). The van der Waals surface area contributed by atoms with Gasteiger partial charge in [0.1, 0.15) is 0 Å². The monoisotopic (exact) mass is 241 g/mol. The van der Waals surface area contributed by atoms with Gasteiger partial charge in [-0.15, -0.1) is 0 Å². The van der Waals surface area contributed by atoms with E-state index in [1.165, 1.54) is 16.1 Å². The Labute approximate surface area is 96.1 Å². The Bertz CT molecular complexity index is 465. The van der Waals surface area contributed by atoms with E-state index in [-0.39, 0.29) is 11.8 Å². The molecule has 0 atom stereocenters. The van der Waals surface area contributed by atoms with Crippen molar-refractivity contribution in [2.24, 2.45) is 0 Å². The number of nitrogens with zero attached hydrogens (tertiary/aromatic N) is 1. The molecule has 2 N–H and O–H groups in total. The first-order chi connectivity index (χ1) is 7.18. The van der Waals surface area contributed by atoms with Crippen LogP contribution in [0, 0.1) is 0 Å². The van der Waals surface area contributed by atoms with E-state index in [2.05, 4.69) is 0 Å². The van der Waals surface area contributed by atoms with Gasteiger partial charge in [0.05, 0.1) is 5.02 Å². The maximum absolute atomic E-state index is 9.42. The summed E-state index contributed by atoms with van der Waals surface area (Å²) < 4.78 is 1.29. The highest BCUT2D eigenvalue weighted by Gasteiger charge is 2.09. The van der Waals surface area contributed by atoms with Crippen LogP contribution in [0.2, 0.25) is 5.02 Å². The molecule has 0 bridgehead atoms. The lowest BCUT2D eigenvalue weighted by atomic mass is 10.4. The Morgan fingerprint density at radius 3 is 2.20 bits per heavy atom. The van der Waals surface area contributed by atoms with Crippen LogP contribution in [0.25, 0.3) is 0 Å². The quantitative estimate of drug-likeness (QED) is 0.849. The molecule has 2 aromatic rings. The lowest BCUT2D eigenvalue weighted by Gasteiger charge is -2.06. The second-order valence-electron chi connectivity index (χ2n) is 2.87. The molecular weight excluding hydrogens is 234 g/mol. The van der Waals surface area contributed by atoms with Crippen LogP contribution in [0.5, 0.6) is 11.8 Å². The molecule has 1 aromatic carbocycles. The summed E-state index contributed by atoms with van der Waals surface area (Å²) in [7, 11) is 0. The number of halogens is 1. The van der Waals surface area contributed by atoms with Crippen molar-refractivity contribution in [2.45, 2.75) is 4.90 Å². The standard InChI is InChI=1S/C10H8ClNO2S/c11-7-3-1-2-4-8(7)15-12-9(13)5-6-10(12)14/h1-6,13-14H. The van der Waals surface area contributed by atoms with Crippen LogP contribution >= 0.6 is 23.5 Å². The van der Waals surface area contributed by atoms with Crippen LogP contribution in [0.3, 0.4) is 0 Å². The van der Waals surface area contributed by atoms with E-state index in [9.17, 15) is 10.2 Å². The van der Waals surface area contributed by atoms with Gasteiger partial charge in [0.2, 0.25) is 11.8 Å². The van der Waals surface area contributed by atoms with Gasteiger partial charge in [-0.25, -0.2) is 3.97 Å². The van der Waals surface area contributed by atoms with Crippen molar-refractivity contribution in [3.05, 3.63) is 41.4 Å². The molecule has 0 fully saturated rings. The van der Waals surface area contributed by atoms with Gasteiger partial charge in [-0.1, -0.05) is 23.7 Å². The summed E-state index contributed by atoms with van der Waals surface area (Å²) in [6, 6.07) is 10.1. The van der Waals surface area contributed by atoms with Gasteiger partial charge in [-0.3, -0.25) is 0 Å². The fourth-order valence-corrected chi connectivity index (χ4v) is 2.15. The summed E-state index contributed by atoms with van der Waals surface area (Å²) in [5.74, 6) is -0.0326. The molecule has 0 amide bonds. The third-order valence-corrected chi connectivity index (χ3v) is 3.37. The highest BCUT2D eigenvalue weighted by atomic mass is 35.5. The molecule has 0 radical (unpaired) electrons. The Hall–Kier alpha value is -1.26. The molecule has 0 spiro atoms. The molecule has 0 aliphatic heterocycles. The maximum Gasteiger partial charge on any atom is 0.204 e. The molecule has 15 heavy (non-hydrogen) atoms. The van der Waals surface area contributed by atoms with Crippen molar-refractivity contribution >= 4 is 23.5 Å². The molecule has 1 heterocycles. The van der Waals surface area contributed by atoms with Crippen LogP contribution in [-0.2, 0) is 0 Å². The molecule has 0 saturated carbocycles. The molecule has 0 aliphatic rings. The molecule has 5 heteroatoms. The third kappa shape index (κ3) is 2.06. The van der Waals surface area contributed by atoms with Gasteiger partial charge >= 0.3 is 0 Å². The van der Waals surface area contributed by atoms with Gasteiger partial charge in [-0.2, -0.15) is 0 Å². The van der Waals surface area contributed by atoms with Crippen molar-refractivity contribution in [2.75, 3.05) is 0 Å². The first-order valence-electron chi connectivity index (χ1n) is 4.21. The van der Waals surface area contributed by atoms with Gasteiger partial charge in [-0.05, 0) is 24.1 Å². The SMILES string of the molecule is Oc1ccc(O)n1Sc1ccccc1Cl. The Morgan fingerprint density at radius 1 is 1.00 bits per heavy atom. The fraction of sp³-hybridized carbons (Fsp3) is 0. The molecular formula is C10H8ClNO2S. The van der Waals surface area contributed by atoms with Gasteiger partial charge in [0.15, 0.2) is 0 Å². The van der Waals surface area contributed by atoms with Gasteiger partial charge in [0, 0.05) is 17.0 Å². The zero-order chi connectivity index (χ0) is 10.8. The Kier molecular flexibility index (Phi) is 2.79. The van der Waals surface area contributed by atoms with Crippen molar-refractivity contribution in [3.8, 4) is 11.8 Å². The summed E-state index contributed by atoms with van der Waals surface area (Å²) in [6.45, 7) is 0. The number of hydrogen-bond acceptors (Lipinski definition) is 3. The largest absolute Gasteiger partial charge is 0.494 e. The van der Waals surface area contributed by atoms with Crippen molar-refractivity contribution < 1.29 is 10.2 Å². The normalized spacial score (nSPS) is 10.5. The van der Waals surface area contributed by atoms with E-state index in [1.54, 1.807) is 6.07 Å². The van der Waals surface area contributed by atoms with Crippen molar-refractivity contribution in [1.29, 1.82) is 0 Å². The smallest absolute Gasteiger partial charge is 0.204 e. The van der Waals surface area contributed by atoms with Gasteiger partial charge < -0.3 is 10.2 Å².